The first-order chi connectivity index (χ1) is 12.7. The zero-order chi connectivity index (χ0) is 19.9. The first-order valence-corrected chi connectivity index (χ1v) is 10.3. The topological polar surface area (TPSA) is 69.0 Å². The maximum Gasteiger partial charge on any atom is 0.230 e. The summed E-state index contributed by atoms with van der Waals surface area (Å²) in [6.45, 7) is 11.5. The Labute approximate surface area is 166 Å². The molecule has 2 aromatic rings. The lowest BCUT2D eigenvalue weighted by Gasteiger charge is -2.20. The van der Waals surface area contributed by atoms with Gasteiger partial charge in [0.2, 0.25) is 5.91 Å². The first kappa shape index (κ1) is 21.3. The molecule has 6 nitrogen and oxygen atoms in total. The number of amides is 1. The molecule has 1 heterocycles. The van der Waals surface area contributed by atoms with Crippen molar-refractivity contribution in [1.82, 2.24) is 20.1 Å². The highest BCUT2D eigenvalue weighted by Gasteiger charge is 2.17. The molecule has 1 aromatic carbocycles. The number of thioether (sulfide) groups is 1. The monoisotopic (exact) mass is 390 g/mol. The average Bonchev–Trinajstić information content (AvgIpc) is 2.97. The van der Waals surface area contributed by atoms with Crippen LogP contribution in [-0.4, -0.2) is 32.0 Å². The molecule has 0 unspecified atom stereocenters. The molecule has 0 saturated heterocycles. The van der Waals surface area contributed by atoms with Crippen molar-refractivity contribution in [3.8, 4) is 5.75 Å². The molecule has 1 amide bonds. The van der Waals surface area contributed by atoms with Gasteiger partial charge < -0.3 is 14.6 Å². The normalized spacial score (nSPS) is 11.6. The summed E-state index contributed by atoms with van der Waals surface area (Å²) in [7, 11) is 0. The van der Waals surface area contributed by atoms with E-state index in [9.17, 15) is 4.79 Å². The zero-order valence-corrected chi connectivity index (χ0v) is 17.7. The summed E-state index contributed by atoms with van der Waals surface area (Å²) in [5, 5.41) is 12.3. The lowest BCUT2D eigenvalue weighted by atomic mass is 10.1. The SMILES string of the molecule is CC(C)CCn1c(COc2ccccc2)nnc1SCC(=O)NC(C)(C)C. The number of benzene rings is 1. The second kappa shape index (κ2) is 9.78. The fourth-order valence-corrected chi connectivity index (χ4v) is 3.18. The van der Waals surface area contributed by atoms with Crippen LogP contribution in [0, 0.1) is 5.92 Å². The molecule has 148 valence electrons. The predicted molar refractivity (Wildman–Crippen MR) is 109 cm³/mol. The van der Waals surface area contributed by atoms with E-state index >= 15 is 0 Å². The third kappa shape index (κ3) is 7.62. The summed E-state index contributed by atoms with van der Waals surface area (Å²) in [5.41, 5.74) is -0.238. The van der Waals surface area contributed by atoms with Crippen molar-refractivity contribution in [2.45, 2.75) is 64.9 Å². The molecule has 0 spiro atoms. The summed E-state index contributed by atoms with van der Waals surface area (Å²) >= 11 is 1.41. The highest BCUT2D eigenvalue weighted by atomic mass is 32.2. The second-order valence-corrected chi connectivity index (χ2v) is 8.86. The minimum Gasteiger partial charge on any atom is -0.486 e. The molecule has 0 aliphatic carbocycles. The second-order valence-electron chi connectivity index (χ2n) is 7.92. The number of hydrogen-bond acceptors (Lipinski definition) is 5. The van der Waals surface area contributed by atoms with Gasteiger partial charge >= 0.3 is 0 Å². The van der Waals surface area contributed by atoms with Crippen molar-refractivity contribution in [2.24, 2.45) is 5.92 Å². The van der Waals surface area contributed by atoms with Crippen molar-refractivity contribution < 1.29 is 9.53 Å². The Morgan fingerprint density at radius 2 is 1.93 bits per heavy atom. The summed E-state index contributed by atoms with van der Waals surface area (Å²) < 4.78 is 7.90. The molecule has 0 fully saturated rings. The Balaban J connectivity index is 2.04. The molecule has 7 heteroatoms. The lowest BCUT2D eigenvalue weighted by Crippen LogP contribution is -2.41. The van der Waals surface area contributed by atoms with E-state index < -0.39 is 0 Å². The standard InChI is InChI=1S/C20H30N4O2S/c1-15(2)11-12-24-17(13-26-16-9-7-6-8-10-16)22-23-19(24)27-14-18(25)21-20(3,4)5/h6-10,15H,11-14H2,1-5H3,(H,21,25). The number of nitrogens with one attached hydrogen (secondary N) is 1. The molecule has 0 radical (unpaired) electrons. The molecule has 27 heavy (non-hydrogen) atoms. The number of nitrogens with zero attached hydrogens (tertiary/aromatic N) is 3. The lowest BCUT2D eigenvalue weighted by molar-refractivity contribution is -0.119. The van der Waals surface area contributed by atoms with E-state index in [4.69, 9.17) is 4.74 Å². The predicted octanol–water partition coefficient (Wildman–Crippen LogP) is 3.91. The number of ether oxygens (including phenoxy) is 1. The van der Waals surface area contributed by atoms with Crippen LogP contribution in [0.4, 0.5) is 0 Å². The van der Waals surface area contributed by atoms with Crippen molar-refractivity contribution in [3.05, 3.63) is 36.2 Å². The summed E-state index contributed by atoms with van der Waals surface area (Å²) in [4.78, 5) is 12.1. The molecule has 0 aliphatic rings. The first-order valence-electron chi connectivity index (χ1n) is 9.28. The minimum atomic E-state index is -0.238. The molecule has 0 atom stereocenters. The minimum absolute atomic E-state index is 0.00649. The number of rotatable bonds is 9. The van der Waals surface area contributed by atoms with Crippen molar-refractivity contribution in [3.63, 3.8) is 0 Å². The van der Waals surface area contributed by atoms with Gasteiger partial charge in [0.15, 0.2) is 11.0 Å². The Morgan fingerprint density at radius 1 is 1.22 bits per heavy atom. The van der Waals surface area contributed by atoms with Crippen molar-refractivity contribution in [2.75, 3.05) is 5.75 Å². The number of carbonyl (C=O) groups excluding carboxylic acids is 1. The number of carbonyl (C=O) groups is 1. The molecule has 1 N–H and O–H groups in total. The van der Waals surface area contributed by atoms with E-state index in [-0.39, 0.29) is 11.4 Å². The van der Waals surface area contributed by atoms with Crippen LogP contribution < -0.4 is 10.1 Å². The number of aromatic nitrogens is 3. The van der Waals surface area contributed by atoms with E-state index in [2.05, 4.69) is 33.9 Å². The molecule has 0 saturated carbocycles. The molecular weight excluding hydrogens is 360 g/mol. The van der Waals surface area contributed by atoms with Crippen LogP contribution in [0.5, 0.6) is 5.75 Å². The highest BCUT2D eigenvalue weighted by Crippen LogP contribution is 2.20. The Bertz CT molecular complexity index is 723. The van der Waals surface area contributed by atoms with Gasteiger partial charge in [-0.25, -0.2) is 0 Å². The fraction of sp³-hybridized carbons (Fsp3) is 0.550. The van der Waals surface area contributed by atoms with Crippen molar-refractivity contribution >= 4 is 17.7 Å². The van der Waals surface area contributed by atoms with Gasteiger partial charge in [0.1, 0.15) is 12.4 Å². The Morgan fingerprint density at radius 3 is 2.56 bits per heavy atom. The molecular formula is C20H30N4O2S. The zero-order valence-electron chi connectivity index (χ0n) is 16.9. The number of para-hydroxylation sites is 1. The smallest absolute Gasteiger partial charge is 0.230 e. The molecule has 2 rings (SSSR count). The maximum atomic E-state index is 12.1. The average molecular weight is 391 g/mol. The third-order valence-corrected chi connectivity index (χ3v) is 4.65. The van der Waals surface area contributed by atoms with Gasteiger partial charge in [0.05, 0.1) is 5.75 Å². The van der Waals surface area contributed by atoms with Crippen molar-refractivity contribution in [1.29, 1.82) is 0 Å². The van der Waals surface area contributed by atoms with Gasteiger partial charge in [-0.3, -0.25) is 4.79 Å². The van der Waals surface area contributed by atoms with Gasteiger partial charge in [-0.15, -0.1) is 10.2 Å². The van der Waals surface area contributed by atoms with E-state index in [1.807, 2.05) is 51.1 Å². The van der Waals surface area contributed by atoms with Crippen LogP contribution in [0.2, 0.25) is 0 Å². The quantitative estimate of drug-likeness (QED) is 0.658. The van der Waals surface area contributed by atoms with Crippen LogP contribution in [-0.2, 0) is 17.9 Å². The van der Waals surface area contributed by atoms with Gasteiger partial charge in [0.25, 0.3) is 0 Å². The van der Waals surface area contributed by atoms with E-state index in [1.165, 1.54) is 11.8 Å². The van der Waals surface area contributed by atoms with Crippen LogP contribution >= 0.6 is 11.8 Å². The Hall–Kier alpha value is -2.02. The highest BCUT2D eigenvalue weighted by molar-refractivity contribution is 7.99. The summed E-state index contributed by atoms with van der Waals surface area (Å²) in [6, 6.07) is 9.67. The van der Waals surface area contributed by atoms with Gasteiger partial charge in [-0.05, 0) is 45.2 Å². The summed E-state index contributed by atoms with van der Waals surface area (Å²) in [6.07, 6.45) is 1.01. The van der Waals surface area contributed by atoms with Crippen LogP contribution in [0.15, 0.2) is 35.5 Å². The fourth-order valence-electron chi connectivity index (χ4n) is 2.39. The van der Waals surface area contributed by atoms with E-state index in [0.29, 0.717) is 18.3 Å². The van der Waals surface area contributed by atoms with E-state index in [1.54, 1.807) is 0 Å². The molecule has 1 aromatic heterocycles. The third-order valence-electron chi connectivity index (χ3n) is 3.68. The summed E-state index contributed by atoms with van der Waals surface area (Å²) in [5.74, 6) is 2.45. The van der Waals surface area contributed by atoms with Gasteiger partial charge in [-0.2, -0.15) is 0 Å². The van der Waals surface area contributed by atoms with Crippen LogP contribution in [0.3, 0.4) is 0 Å². The van der Waals surface area contributed by atoms with Crippen LogP contribution in [0.1, 0.15) is 46.9 Å². The molecule has 0 bridgehead atoms. The van der Waals surface area contributed by atoms with Crippen LogP contribution in [0.25, 0.3) is 0 Å². The largest absolute Gasteiger partial charge is 0.486 e. The van der Waals surface area contributed by atoms with Gasteiger partial charge in [0, 0.05) is 12.1 Å². The number of hydrogen-bond donors (Lipinski definition) is 1. The Kier molecular flexibility index (Phi) is 7.71. The maximum absolute atomic E-state index is 12.1. The molecule has 0 aliphatic heterocycles. The van der Waals surface area contributed by atoms with E-state index in [0.717, 1.165) is 29.7 Å². The van der Waals surface area contributed by atoms with Gasteiger partial charge in [-0.1, -0.05) is 43.8 Å².